The highest BCUT2D eigenvalue weighted by Crippen LogP contribution is 2.35. The summed E-state index contributed by atoms with van der Waals surface area (Å²) in [5, 5.41) is 10.6. The van der Waals surface area contributed by atoms with Crippen LogP contribution < -0.4 is 4.74 Å². The minimum Gasteiger partial charge on any atom is -0.493 e. The lowest BCUT2D eigenvalue weighted by atomic mass is 9.95. The van der Waals surface area contributed by atoms with E-state index in [1.165, 1.54) is 32.1 Å². The number of nitrogens with zero attached hydrogens (tertiary/aromatic N) is 3. The summed E-state index contributed by atoms with van der Waals surface area (Å²) >= 11 is 7.75. The van der Waals surface area contributed by atoms with Gasteiger partial charge in [-0.05, 0) is 55.7 Å². The molecule has 4 rings (SSSR count). The molecule has 0 atom stereocenters. The predicted octanol–water partition coefficient (Wildman–Crippen LogP) is 6.18. The van der Waals surface area contributed by atoms with Gasteiger partial charge in [-0.15, -0.1) is 10.2 Å². The van der Waals surface area contributed by atoms with Crippen LogP contribution in [0.3, 0.4) is 0 Å². The van der Waals surface area contributed by atoms with Gasteiger partial charge in [-0.1, -0.05) is 42.6 Å². The summed E-state index contributed by atoms with van der Waals surface area (Å²) in [5.41, 5.74) is 1.02. The van der Waals surface area contributed by atoms with Crippen LogP contribution in [0, 0.1) is 6.92 Å². The van der Waals surface area contributed by atoms with Gasteiger partial charge < -0.3 is 9.15 Å². The minimum absolute atomic E-state index is 0.436. The lowest BCUT2D eigenvalue weighted by Gasteiger charge is -2.25. The highest BCUT2D eigenvalue weighted by atomic mass is 35.5. The van der Waals surface area contributed by atoms with E-state index < -0.39 is 0 Å². The SMILES string of the molecule is Cc1cc(OCCSc2nnc(-c3ccco3)n2C2CCCCC2)ccc1Cl. The number of thioether (sulfide) groups is 1. The van der Waals surface area contributed by atoms with E-state index in [0.717, 1.165) is 38.8 Å². The van der Waals surface area contributed by atoms with Crippen molar-refractivity contribution in [2.45, 2.75) is 50.2 Å². The maximum Gasteiger partial charge on any atom is 0.200 e. The number of furan rings is 1. The van der Waals surface area contributed by atoms with Crippen LogP contribution in [0.4, 0.5) is 0 Å². The largest absolute Gasteiger partial charge is 0.493 e. The van der Waals surface area contributed by atoms with E-state index >= 15 is 0 Å². The molecule has 5 nitrogen and oxygen atoms in total. The summed E-state index contributed by atoms with van der Waals surface area (Å²) in [5.74, 6) is 3.24. The third-order valence-electron chi connectivity index (χ3n) is 5.06. The quantitative estimate of drug-likeness (QED) is 0.339. The molecule has 0 bridgehead atoms. The van der Waals surface area contributed by atoms with Gasteiger partial charge in [-0.25, -0.2) is 0 Å². The smallest absolute Gasteiger partial charge is 0.200 e. The van der Waals surface area contributed by atoms with Crippen LogP contribution >= 0.6 is 23.4 Å². The molecule has 7 heteroatoms. The Bertz CT molecular complexity index is 905. The Morgan fingerprint density at radius 3 is 2.82 bits per heavy atom. The van der Waals surface area contributed by atoms with Gasteiger partial charge in [0.15, 0.2) is 10.9 Å². The van der Waals surface area contributed by atoms with Gasteiger partial charge >= 0.3 is 0 Å². The van der Waals surface area contributed by atoms with Crippen LogP contribution in [0.5, 0.6) is 5.75 Å². The van der Waals surface area contributed by atoms with Crippen LogP contribution in [0.25, 0.3) is 11.6 Å². The zero-order chi connectivity index (χ0) is 19.3. The maximum absolute atomic E-state index is 6.07. The molecule has 0 spiro atoms. The van der Waals surface area contributed by atoms with Gasteiger partial charge in [0.1, 0.15) is 5.75 Å². The molecule has 0 amide bonds. The number of hydrogen-bond acceptors (Lipinski definition) is 5. The standard InChI is InChI=1S/C21H24ClN3O2S/c1-15-14-17(9-10-18(15)22)26-12-13-28-21-24-23-20(19-8-5-11-27-19)25(21)16-6-3-2-4-7-16/h5,8-11,14,16H,2-4,6-7,12-13H2,1H3. The molecule has 2 aromatic heterocycles. The van der Waals surface area contributed by atoms with E-state index in [1.54, 1.807) is 18.0 Å². The van der Waals surface area contributed by atoms with Gasteiger partial charge in [0, 0.05) is 16.8 Å². The lowest BCUT2D eigenvalue weighted by molar-refractivity contribution is 0.335. The fraction of sp³-hybridized carbons (Fsp3) is 0.429. The van der Waals surface area contributed by atoms with Crippen molar-refractivity contribution in [2.75, 3.05) is 12.4 Å². The van der Waals surface area contributed by atoms with Crippen LogP contribution in [-0.2, 0) is 0 Å². The van der Waals surface area contributed by atoms with Crippen molar-refractivity contribution in [2.24, 2.45) is 0 Å². The van der Waals surface area contributed by atoms with Gasteiger partial charge in [-0.2, -0.15) is 0 Å². The molecule has 1 aliphatic carbocycles. The number of aryl methyl sites for hydroxylation is 1. The average molecular weight is 418 g/mol. The van der Waals surface area contributed by atoms with E-state index in [9.17, 15) is 0 Å². The summed E-state index contributed by atoms with van der Waals surface area (Å²) in [6.07, 6.45) is 7.84. The molecule has 0 aliphatic heterocycles. The number of rotatable bonds is 7. The summed E-state index contributed by atoms with van der Waals surface area (Å²) in [4.78, 5) is 0. The van der Waals surface area contributed by atoms with Gasteiger partial charge in [0.05, 0.1) is 12.9 Å². The molecule has 0 unspecified atom stereocenters. The highest BCUT2D eigenvalue weighted by molar-refractivity contribution is 7.99. The van der Waals surface area contributed by atoms with E-state index in [0.29, 0.717) is 12.6 Å². The van der Waals surface area contributed by atoms with Gasteiger partial charge in [0.25, 0.3) is 0 Å². The molecule has 148 valence electrons. The van der Waals surface area contributed by atoms with Gasteiger partial charge in [0.2, 0.25) is 5.82 Å². The van der Waals surface area contributed by atoms with Crippen LogP contribution in [-0.4, -0.2) is 27.1 Å². The fourth-order valence-corrected chi connectivity index (χ4v) is 4.56. The highest BCUT2D eigenvalue weighted by Gasteiger charge is 2.24. The molecular formula is C21H24ClN3O2S. The van der Waals surface area contributed by atoms with Crippen molar-refractivity contribution in [3.8, 4) is 17.3 Å². The third-order valence-corrected chi connectivity index (χ3v) is 6.39. The topological polar surface area (TPSA) is 53.1 Å². The molecule has 0 radical (unpaired) electrons. The third kappa shape index (κ3) is 4.39. The zero-order valence-corrected chi connectivity index (χ0v) is 17.5. The van der Waals surface area contributed by atoms with E-state index in [1.807, 2.05) is 37.3 Å². The predicted molar refractivity (Wildman–Crippen MR) is 112 cm³/mol. The van der Waals surface area contributed by atoms with Crippen molar-refractivity contribution < 1.29 is 9.15 Å². The van der Waals surface area contributed by atoms with Crippen molar-refractivity contribution in [3.63, 3.8) is 0 Å². The summed E-state index contributed by atoms with van der Waals surface area (Å²) in [6.45, 7) is 2.58. The Hall–Kier alpha value is -1.92. The summed E-state index contributed by atoms with van der Waals surface area (Å²) < 4.78 is 13.7. The van der Waals surface area contributed by atoms with Crippen LogP contribution in [0.15, 0.2) is 46.2 Å². The number of aromatic nitrogens is 3. The van der Waals surface area contributed by atoms with Crippen LogP contribution in [0.2, 0.25) is 5.02 Å². The Labute approximate surface area is 174 Å². The molecule has 1 fully saturated rings. The Kier molecular flexibility index (Phi) is 6.27. The van der Waals surface area contributed by atoms with Crippen molar-refractivity contribution in [3.05, 3.63) is 47.2 Å². The normalized spacial score (nSPS) is 15.1. The second-order valence-corrected chi connectivity index (χ2v) is 8.52. The first-order chi connectivity index (χ1) is 13.7. The first-order valence-electron chi connectivity index (χ1n) is 9.73. The van der Waals surface area contributed by atoms with E-state index in [2.05, 4.69) is 14.8 Å². The maximum atomic E-state index is 6.07. The molecule has 1 aliphatic rings. The summed E-state index contributed by atoms with van der Waals surface area (Å²) in [6, 6.07) is 10.0. The lowest BCUT2D eigenvalue weighted by Crippen LogP contribution is -2.15. The van der Waals surface area contributed by atoms with Crippen molar-refractivity contribution in [1.82, 2.24) is 14.8 Å². The minimum atomic E-state index is 0.436. The fourth-order valence-electron chi connectivity index (χ4n) is 3.62. The zero-order valence-electron chi connectivity index (χ0n) is 15.9. The molecule has 28 heavy (non-hydrogen) atoms. The summed E-state index contributed by atoms with van der Waals surface area (Å²) in [7, 11) is 0. The number of benzene rings is 1. The number of hydrogen-bond donors (Lipinski definition) is 0. The molecule has 3 aromatic rings. The Morgan fingerprint density at radius 1 is 1.21 bits per heavy atom. The average Bonchev–Trinajstić information content (AvgIpc) is 3.38. The second kappa shape index (κ2) is 9.05. The Morgan fingerprint density at radius 2 is 2.07 bits per heavy atom. The molecule has 0 N–H and O–H groups in total. The first-order valence-corrected chi connectivity index (χ1v) is 11.1. The van der Waals surface area contributed by atoms with Crippen molar-refractivity contribution in [1.29, 1.82) is 0 Å². The van der Waals surface area contributed by atoms with E-state index in [4.69, 9.17) is 20.8 Å². The van der Waals surface area contributed by atoms with E-state index in [-0.39, 0.29) is 0 Å². The van der Waals surface area contributed by atoms with Crippen LogP contribution in [0.1, 0.15) is 43.7 Å². The molecular weight excluding hydrogens is 394 g/mol. The molecule has 0 saturated heterocycles. The number of ether oxygens (including phenoxy) is 1. The Balaban J connectivity index is 1.44. The first kappa shape index (κ1) is 19.4. The van der Waals surface area contributed by atoms with Crippen molar-refractivity contribution >= 4 is 23.4 Å². The second-order valence-electron chi connectivity index (χ2n) is 7.05. The molecule has 2 heterocycles. The van der Waals surface area contributed by atoms with Gasteiger partial charge in [-0.3, -0.25) is 4.57 Å². The monoisotopic (exact) mass is 417 g/mol. The molecule has 1 saturated carbocycles. The number of halogens is 1. The molecule has 1 aromatic carbocycles.